The predicted octanol–water partition coefficient (Wildman–Crippen LogP) is 3.22. The minimum Gasteiger partial charge on any atom is -0.309 e. The van der Waals surface area contributed by atoms with Gasteiger partial charge in [0.2, 0.25) is 0 Å². The van der Waals surface area contributed by atoms with Gasteiger partial charge in [-0.15, -0.1) is 11.3 Å². The Balaban J connectivity index is 1.95. The Morgan fingerprint density at radius 2 is 2.27 bits per heavy atom. The third-order valence-corrected chi connectivity index (χ3v) is 4.38. The molecule has 0 radical (unpaired) electrons. The number of rotatable bonds is 5. The van der Waals surface area contributed by atoms with E-state index in [1.807, 2.05) is 11.3 Å². The van der Waals surface area contributed by atoms with Crippen LogP contribution in [0.5, 0.6) is 0 Å². The van der Waals surface area contributed by atoms with Gasteiger partial charge in [-0.05, 0) is 33.1 Å². The summed E-state index contributed by atoms with van der Waals surface area (Å²) in [6.45, 7) is 7.58. The molecule has 1 aromatic heterocycles. The van der Waals surface area contributed by atoms with Crippen LogP contribution in [0.1, 0.15) is 54.6 Å². The molecule has 2 nitrogen and oxygen atoms in total. The molecule has 0 aliphatic heterocycles. The summed E-state index contributed by atoms with van der Waals surface area (Å²) < 4.78 is 0. The Bertz CT molecular complexity index is 328. The van der Waals surface area contributed by atoms with Crippen molar-refractivity contribution in [2.75, 3.05) is 0 Å². The monoisotopic (exact) mass is 224 g/mol. The fourth-order valence-electron chi connectivity index (χ4n) is 1.53. The second kappa shape index (κ2) is 4.62. The lowest BCUT2D eigenvalue weighted by Gasteiger charge is -2.09. The molecule has 15 heavy (non-hydrogen) atoms. The quantitative estimate of drug-likeness (QED) is 0.830. The van der Waals surface area contributed by atoms with Crippen LogP contribution >= 0.6 is 11.3 Å². The van der Waals surface area contributed by atoms with Crippen LogP contribution in [-0.4, -0.2) is 11.0 Å². The molecule has 0 saturated heterocycles. The molecule has 3 heteroatoms. The number of thiazole rings is 1. The molecule has 0 aromatic carbocycles. The van der Waals surface area contributed by atoms with Gasteiger partial charge in [0.1, 0.15) is 0 Å². The second-order valence-corrected chi connectivity index (χ2v) is 5.64. The van der Waals surface area contributed by atoms with Crippen molar-refractivity contribution in [1.29, 1.82) is 0 Å². The van der Waals surface area contributed by atoms with Crippen LogP contribution in [-0.2, 0) is 6.54 Å². The third-order valence-electron chi connectivity index (χ3n) is 3.06. The third kappa shape index (κ3) is 2.79. The van der Waals surface area contributed by atoms with E-state index in [0.717, 1.165) is 12.5 Å². The minimum absolute atomic E-state index is 0.607. The molecular weight excluding hydrogens is 204 g/mol. The maximum atomic E-state index is 4.65. The average Bonchev–Trinajstić information content (AvgIpc) is 3.00. The highest BCUT2D eigenvalue weighted by Crippen LogP contribution is 2.42. The van der Waals surface area contributed by atoms with E-state index >= 15 is 0 Å². The molecule has 1 heterocycles. The molecule has 1 N–H and O–H groups in total. The van der Waals surface area contributed by atoms with Crippen LogP contribution in [0.15, 0.2) is 0 Å². The summed E-state index contributed by atoms with van der Waals surface area (Å²) in [7, 11) is 0. The van der Waals surface area contributed by atoms with E-state index in [4.69, 9.17) is 0 Å². The highest BCUT2D eigenvalue weighted by atomic mass is 32.1. The number of nitrogens with one attached hydrogen (secondary N) is 1. The molecule has 0 bridgehead atoms. The summed E-state index contributed by atoms with van der Waals surface area (Å²) in [5.41, 5.74) is 1.23. The van der Waals surface area contributed by atoms with Gasteiger partial charge >= 0.3 is 0 Å². The van der Waals surface area contributed by atoms with Crippen LogP contribution in [0.4, 0.5) is 0 Å². The van der Waals surface area contributed by atoms with Crippen molar-refractivity contribution in [2.45, 2.75) is 58.5 Å². The molecule has 1 atom stereocenters. The van der Waals surface area contributed by atoms with E-state index in [0.29, 0.717) is 6.04 Å². The summed E-state index contributed by atoms with van der Waals surface area (Å²) in [6.07, 6.45) is 3.89. The Labute approximate surface area is 96.1 Å². The van der Waals surface area contributed by atoms with Gasteiger partial charge in [0.15, 0.2) is 0 Å². The summed E-state index contributed by atoms with van der Waals surface area (Å²) in [6, 6.07) is 0.607. The number of nitrogens with zero attached hydrogens (tertiary/aromatic N) is 1. The fourth-order valence-corrected chi connectivity index (χ4v) is 2.72. The van der Waals surface area contributed by atoms with Gasteiger partial charge in [-0.1, -0.05) is 6.92 Å². The van der Waals surface area contributed by atoms with Gasteiger partial charge in [-0.2, -0.15) is 0 Å². The lowest BCUT2D eigenvalue weighted by Crippen LogP contribution is -2.24. The maximum Gasteiger partial charge on any atom is 0.0962 e. The molecule has 1 aliphatic rings. The van der Waals surface area contributed by atoms with Gasteiger partial charge in [-0.3, -0.25) is 0 Å². The topological polar surface area (TPSA) is 24.9 Å². The Kier molecular flexibility index (Phi) is 3.42. The van der Waals surface area contributed by atoms with E-state index in [-0.39, 0.29) is 0 Å². The Hall–Kier alpha value is -0.410. The molecule has 1 aromatic rings. The zero-order chi connectivity index (χ0) is 10.8. The fraction of sp³-hybridized carbons (Fsp3) is 0.750. The van der Waals surface area contributed by atoms with Crippen molar-refractivity contribution < 1.29 is 0 Å². The van der Waals surface area contributed by atoms with Gasteiger partial charge < -0.3 is 5.32 Å². The van der Waals surface area contributed by atoms with Crippen LogP contribution in [0.3, 0.4) is 0 Å². The molecule has 84 valence electrons. The Morgan fingerprint density at radius 1 is 1.53 bits per heavy atom. The number of hydrogen-bond acceptors (Lipinski definition) is 3. The van der Waals surface area contributed by atoms with Crippen LogP contribution in [0, 0.1) is 6.92 Å². The summed E-state index contributed by atoms with van der Waals surface area (Å²) in [5.74, 6) is 0.797. The second-order valence-electron chi connectivity index (χ2n) is 4.53. The highest BCUT2D eigenvalue weighted by Gasteiger charge is 2.27. The van der Waals surface area contributed by atoms with E-state index in [2.05, 4.69) is 31.1 Å². The van der Waals surface area contributed by atoms with Crippen molar-refractivity contribution in [2.24, 2.45) is 0 Å². The predicted molar refractivity (Wildman–Crippen MR) is 65.4 cm³/mol. The van der Waals surface area contributed by atoms with E-state index in [1.54, 1.807) is 0 Å². The van der Waals surface area contributed by atoms with Crippen molar-refractivity contribution in [3.63, 3.8) is 0 Å². The molecule has 1 aliphatic carbocycles. The maximum absolute atomic E-state index is 4.65. The normalized spacial score (nSPS) is 18.1. The zero-order valence-corrected chi connectivity index (χ0v) is 10.7. The number of aryl methyl sites for hydroxylation is 1. The molecule has 0 spiro atoms. The molecule has 1 saturated carbocycles. The first-order valence-electron chi connectivity index (χ1n) is 5.90. The first-order chi connectivity index (χ1) is 7.20. The molecular formula is C12H20N2S. The summed E-state index contributed by atoms with van der Waals surface area (Å²) in [5, 5.41) is 4.90. The van der Waals surface area contributed by atoms with Gasteiger partial charge in [-0.25, -0.2) is 4.98 Å². The number of hydrogen-bond donors (Lipinski definition) is 1. The minimum atomic E-state index is 0.607. The van der Waals surface area contributed by atoms with E-state index in [1.165, 1.54) is 34.8 Å². The Morgan fingerprint density at radius 3 is 2.87 bits per heavy atom. The lowest BCUT2D eigenvalue weighted by molar-refractivity contribution is 0.536. The van der Waals surface area contributed by atoms with Crippen molar-refractivity contribution in [1.82, 2.24) is 10.3 Å². The van der Waals surface area contributed by atoms with Crippen LogP contribution in [0.2, 0.25) is 0 Å². The zero-order valence-electron chi connectivity index (χ0n) is 9.84. The van der Waals surface area contributed by atoms with Crippen molar-refractivity contribution in [3.8, 4) is 0 Å². The smallest absolute Gasteiger partial charge is 0.0962 e. The molecule has 1 unspecified atom stereocenters. The van der Waals surface area contributed by atoms with Crippen molar-refractivity contribution >= 4 is 11.3 Å². The summed E-state index contributed by atoms with van der Waals surface area (Å²) >= 11 is 1.91. The first kappa shape index (κ1) is 11.1. The lowest BCUT2D eigenvalue weighted by atomic mass is 10.2. The summed E-state index contributed by atoms with van der Waals surface area (Å²) in [4.78, 5) is 6.08. The van der Waals surface area contributed by atoms with Crippen LogP contribution < -0.4 is 5.32 Å². The van der Waals surface area contributed by atoms with E-state index < -0.39 is 0 Å². The molecule has 1 fully saturated rings. The van der Waals surface area contributed by atoms with E-state index in [9.17, 15) is 0 Å². The van der Waals surface area contributed by atoms with Gasteiger partial charge in [0, 0.05) is 23.4 Å². The SMILES string of the molecule is CCC(C)NCc1sc(C2CC2)nc1C. The highest BCUT2D eigenvalue weighted by molar-refractivity contribution is 7.11. The van der Waals surface area contributed by atoms with Gasteiger partial charge in [0.05, 0.1) is 10.7 Å². The molecule has 2 rings (SSSR count). The van der Waals surface area contributed by atoms with Gasteiger partial charge in [0.25, 0.3) is 0 Å². The van der Waals surface area contributed by atoms with Crippen molar-refractivity contribution in [3.05, 3.63) is 15.6 Å². The average molecular weight is 224 g/mol. The standard InChI is InChI=1S/C12H20N2S/c1-4-8(2)13-7-11-9(3)14-12(15-11)10-5-6-10/h8,10,13H,4-7H2,1-3H3. The first-order valence-corrected chi connectivity index (χ1v) is 6.72. The number of aromatic nitrogens is 1. The largest absolute Gasteiger partial charge is 0.309 e. The molecule has 0 amide bonds. The van der Waals surface area contributed by atoms with Crippen LogP contribution in [0.25, 0.3) is 0 Å².